The van der Waals surface area contributed by atoms with Gasteiger partial charge in [-0.3, -0.25) is 14.2 Å². The number of carbonyl (C=O) groups excluding carboxylic acids is 1. The number of amides is 1. The summed E-state index contributed by atoms with van der Waals surface area (Å²) < 4.78 is 2.97. The zero-order valence-electron chi connectivity index (χ0n) is 15.8. The summed E-state index contributed by atoms with van der Waals surface area (Å²) >= 11 is 0. The van der Waals surface area contributed by atoms with Crippen LogP contribution in [0.5, 0.6) is 0 Å². The van der Waals surface area contributed by atoms with E-state index in [2.05, 4.69) is 15.4 Å². The summed E-state index contributed by atoms with van der Waals surface area (Å²) in [5, 5.41) is 7.24. The van der Waals surface area contributed by atoms with Gasteiger partial charge in [-0.2, -0.15) is 5.10 Å². The normalized spacial score (nSPS) is 10.8. The molecule has 2 heterocycles. The van der Waals surface area contributed by atoms with Crippen LogP contribution in [0.15, 0.2) is 47.3 Å². The lowest BCUT2D eigenvalue weighted by Gasteiger charge is -2.14. The van der Waals surface area contributed by atoms with Gasteiger partial charge in [-0.05, 0) is 38.5 Å². The highest BCUT2D eigenvalue weighted by Crippen LogP contribution is 2.11. The lowest BCUT2D eigenvalue weighted by molar-refractivity contribution is -0.116. The highest BCUT2D eigenvalue weighted by atomic mass is 16.2. The maximum Gasteiger partial charge on any atom is 0.255 e. The molecule has 0 saturated heterocycles. The van der Waals surface area contributed by atoms with E-state index in [0.29, 0.717) is 23.8 Å². The van der Waals surface area contributed by atoms with Crippen LogP contribution in [0.2, 0.25) is 0 Å². The first-order valence-corrected chi connectivity index (χ1v) is 8.97. The Morgan fingerprint density at radius 3 is 2.52 bits per heavy atom. The van der Waals surface area contributed by atoms with E-state index in [4.69, 9.17) is 0 Å². The number of nitrogens with one attached hydrogen (secondary N) is 1. The molecular weight excluding hydrogens is 342 g/mol. The number of carbonyl (C=O) groups is 1. The number of hydrogen-bond acceptors (Lipinski definition) is 4. The van der Waals surface area contributed by atoms with Crippen LogP contribution in [-0.2, 0) is 17.8 Å². The summed E-state index contributed by atoms with van der Waals surface area (Å²) in [7, 11) is 0. The highest BCUT2D eigenvalue weighted by Gasteiger charge is 2.16. The van der Waals surface area contributed by atoms with E-state index < -0.39 is 0 Å². The minimum Gasteiger partial charge on any atom is -0.325 e. The summed E-state index contributed by atoms with van der Waals surface area (Å²) in [6.45, 7) is 5.67. The molecule has 1 amide bonds. The van der Waals surface area contributed by atoms with Crippen molar-refractivity contribution in [3.05, 3.63) is 69.9 Å². The third kappa shape index (κ3) is 4.31. The number of benzene rings is 1. The Balaban J connectivity index is 1.99. The first-order valence-electron chi connectivity index (χ1n) is 8.97. The molecule has 1 aromatic carbocycles. The average molecular weight is 365 g/mol. The summed E-state index contributed by atoms with van der Waals surface area (Å²) in [6.07, 6.45) is 1.57. The van der Waals surface area contributed by atoms with Gasteiger partial charge >= 0.3 is 0 Å². The van der Waals surface area contributed by atoms with Gasteiger partial charge in [-0.1, -0.05) is 31.5 Å². The Morgan fingerprint density at radius 2 is 1.89 bits per heavy atom. The molecule has 0 aliphatic rings. The third-order valence-corrected chi connectivity index (χ3v) is 4.11. The Labute approximate surface area is 157 Å². The number of aryl methyl sites for hydroxylation is 3. The van der Waals surface area contributed by atoms with Crippen LogP contribution in [-0.4, -0.2) is 25.2 Å². The summed E-state index contributed by atoms with van der Waals surface area (Å²) in [4.78, 5) is 29.8. The van der Waals surface area contributed by atoms with Gasteiger partial charge in [0.15, 0.2) is 0 Å². The topological polar surface area (TPSA) is 81.8 Å². The number of para-hydroxylation sites is 1. The molecule has 3 aromatic rings. The largest absolute Gasteiger partial charge is 0.325 e. The second-order valence-electron chi connectivity index (χ2n) is 6.47. The fraction of sp³-hybridized carbons (Fsp3) is 0.300. The lowest BCUT2D eigenvalue weighted by atomic mass is 10.2. The molecule has 0 spiro atoms. The Kier molecular flexibility index (Phi) is 5.49. The number of nitrogens with zero attached hydrogens (tertiary/aromatic N) is 4. The molecule has 0 radical (unpaired) electrons. The summed E-state index contributed by atoms with van der Waals surface area (Å²) in [5.74, 6) is 0.0656. The quantitative estimate of drug-likeness (QED) is 0.728. The van der Waals surface area contributed by atoms with Crippen molar-refractivity contribution in [2.24, 2.45) is 0 Å². The van der Waals surface area contributed by atoms with Crippen LogP contribution in [0.1, 0.15) is 30.4 Å². The molecular formula is C20H23N5O2. The molecule has 3 rings (SSSR count). The fourth-order valence-corrected chi connectivity index (χ4v) is 2.93. The van der Waals surface area contributed by atoms with Crippen LogP contribution < -0.4 is 10.9 Å². The molecule has 0 bridgehead atoms. The monoisotopic (exact) mass is 365 g/mol. The predicted octanol–water partition coefficient (Wildman–Crippen LogP) is 2.64. The van der Waals surface area contributed by atoms with Crippen molar-refractivity contribution in [2.45, 2.75) is 40.2 Å². The van der Waals surface area contributed by atoms with Gasteiger partial charge in [-0.15, -0.1) is 0 Å². The van der Waals surface area contributed by atoms with Crippen molar-refractivity contribution >= 4 is 11.6 Å². The van der Waals surface area contributed by atoms with Crippen molar-refractivity contribution in [1.82, 2.24) is 19.3 Å². The smallest absolute Gasteiger partial charge is 0.255 e. The van der Waals surface area contributed by atoms with Crippen molar-refractivity contribution in [3.8, 4) is 5.95 Å². The molecule has 0 aliphatic carbocycles. The van der Waals surface area contributed by atoms with Gasteiger partial charge < -0.3 is 5.32 Å². The summed E-state index contributed by atoms with van der Waals surface area (Å²) in [6, 6.07) is 12.5. The van der Waals surface area contributed by atoms with Crippen molar-refractivity contribution in [3.63, 3.8) is 0 Å². The van der Waals surface area contributed by atoms with Crippen molar-refractivity contribution in [1.29, 1.82) is 0 Å². The molecule has 0 atom stereocenters. The van der Waals surface area contributed by atoms with Crippen molar-refractivity contribution in [2.75, 3.05) is 5.32 Å². The molecule has 7 heteroatoms. The third-order valence-electron chi connectivity index (χ3n) is 4.11. The van der Waals surface area contributed by atoms with E-state index in [1.54, 1.807) is 16.8 Å². The Hall–Kier alpha value is -3.22. The fourth-order valence-electron chi connectivity index (χ4n) is 2.93. The minimum atomic E-state index is -0.295. The maximum atomic E-state index is 12.7. The Morgan fingerprint density at radius 1 is 1.15 bits per heavy atom. The first kappa shape index (κ1) is 18.6. The van der Waals surface area contributed by atoms with E-state index in [0.717, 1.165) is 17.8 Å². The second kappa shape index (κ2) is 7.99. The molecule has 2 aromatic heterocycles. The van der Waals surface area contributed by atoms with Gasteiger partial charge in [0.05, 0.1) is 5.69 Å². The molecule has 140 valence electrons. The van der Waals surface area contributed by atoms with Crippen LogP contribution in [0.3, 0.4) is 0 Å². The van der Waals surface area contributed by atoms with Crippen LogP contribution in [0.4, 0.5) is 5.69 Å². The van der Waals surface area contributed by atoms with Crippen LogP contribution in [0, 0.1) is 13.8 Å². The van der Waals surface area contributed by atoms with E-state index in [1.165, 1.54) is 10.6 Å². The van der Waals surface area contributed by atoms with Gasteiger partial charge in [0.2, 0.25) is 11.9 Å². The highest BCUT2D eigenvalue weighted by molar-refractivity contribution is 5.90. The number of anilines is 1. The maximum absolute atomic E-state index is 12.7. The molecule has 0 fully saturated rings. The van der Waals surface area contributed by atoms with Gasteiger partial charge in [0, 0.05) is 23.1 Å². The van der Waals surface area contributed by atoms with Crippen LogP contribution in [0.25, 0.3) is 5.95 Å². The predicted molar refractivity (Wildman–Crippen MR) is 104 cm³/mol. The molecule has 1 N–H and O–H groups in total. The van der Waals surface area contributed by atoms with Crippen molar-refractivity contribution < 1.29 is 4.79 Å². The van der Waals surface area contributed by atoms with E-state index in [-0.39, 0.29) is 18.0 Å². The molecule has 27 heavy (non-hydrogen) atoms. The standard InChI is InChI=1S/C20H23N5O2/c1-4-8-17-12-19(27)24(13-18(26)21-16-9-6-5-7-10-16)20(22-17)25-15(3)11-14(2)23-25/h5-7,9-12H,4,8,13H2,1-3H3,(H,21,26). The summed E-state index contributed by atoms with van der Waals surface area (Å²) in [5.41, 5.74) is 2.79. The van der Waals surface area contributed by atoms with E-state index in [1.807, 2.05) is 45.0 Å². The van der Waals surface area contributed by atoms with Gasteiger partial charge in [0.25, 0.3) is 5.56 Å². The molecule has 0 aliphatic heterocycles. The van der Waals surface area contributed by atoms with E-state index in [9.17, 15) is 9.59 Å². The zero-order valence-corrected chi connectivity index (χ0v) is 15.8. The minimum absolute atomic E-state index is 0.138. The van der Waals surface area contributed by atoms with Crippen LogP contribution >= 0.6 is 0 Å². The number of hydrogen-bond donors (Lipinski definition) is 1. The average Bonchev–Trinajstić information content (AvgIpc) is 2.96. The van der Waals surface area contributed by atoms with Gasteiger partial charge in [-0.25, -0.2) is 9.67 Å². The van der Waals surface area contributed by atoms with E-state index >= 15 is 0 Å². The molecule has 7 nitrogen and oxygen atoms in total. The molecule has 0 saturated carbocycles. The second-order valence-corrected chi connectivity index (χ2v) is 6.47. The van der Waals surface area contributed by atoms with Gasteiger partial charge in [0.1, 0.15) is 6.54 Å². The zero-order chi connectivity index (χ0) is 19.4. The first-order chi connectivity index (χ1) is 13.0. The molecule has 0 unspecified atom stereocenters. The Bertz CT molecular complexity index is 1000. The number of aromatic nitrogens is 4. The number of rotatable bonds is 6. The lowest BCUT2D eigenvalue weighted by Crippen LogP contribution is -2.32. The SMILES string of the molecule is CCCc1cc(=O)n(CC(=O)Nc2ccccc2)c(-n2nc(C)cc2C)n1.